The Hall–Kier alpha value is -3.56. The van der Waals surface area contributed by atoms with Gasteiger partial charge in [-0.05, 0) is 75.4 Å². The Morgan fingerprint density at radius 2 is 1.69 bits per heavy atom. The quantitative estimate of drug-likeness (QED) is 0.373. The molecule has 4 aliphatic rings. The van der Waals surface area contributed by atoms with E-state index in [1.807, 2.05) is 46.3 Å². The van der Waals surface area contributed by atoms with Crippen molar-refractivity contribution >= 4 is 6.03 Å². The standard InChI is InChI=1S/C36H43F2N5O2/c37-28-10-11-31(38)30(20-28)33-21-29(40-15-6-7-16-40)12-17-43(33)35(45)41-18-19-42(36(25-41)13-4-5-14-36)24-27-23-39-32(22-34(27)44)26-8-2-1-3-9-26/h1-3,8-11,20,22-23,29,33H,4-7,12-19,21,24-25H2,(H,39,44)/t29?,33-/m0/s1. The van der Waals surface area contributed by atoms with Crippen LogP contribution in [-0.2, 0) is 6.54 Å². The number of pyridine rings is 1. The summed E-state index contributed by atoms with van der Waals surface area (Å²) < 4.78 is 29.6. The molecule has 238 valence electrons. The van der Waals surface area contributed by atoms with Crippen molar-refractivity contribution in [1.29, 1.82) is 0 Å². The SMILES string of the molecule is O=C(N1CCN(Cc2c[nH]c(-c3ccccc3)cc2=O)C2(CCCC2)C1)N1CCC(N2CCCC2)C[C@H]1c1cc(F)ccc1F. The van der Waals surface area contributed by atoms with Crippen LogP contribution in [-0.4, -0.2) is 81.5 Å². The van der Waals surface area contributed by atoms with E-state index in [2.05, 4.69) is 14.8 Å². The number of aromatic amines is 1. The van der Waals surface area contributed by atoms with Gasteiger partial charge in [0.2, 0.25) is 0 Å². The van der Waals surface area contributed by atoms with Crippen molar-refractivity contribution in [2.75, 3.05) is 39.3 Å². The third-order valence-corrected chi connectivity index (χ3v) is 10.8. The van der Waals surface area contributed by atoms with Crippen molar-refractivity contribution < 1.29 is 13.6 Å². The Labute approximate surface area is 263 Å². The lowest BCUT2D eigenvalue weighted by atomic mass is 9.89. The fourth-order valence-corrected chi connectivity index (χ4v) is 8.41. The van der Waals surface area contributed by atoms with Crippen LogP contribution in [0, 0.1) is 11.6 Å². The molecule has 0 radical (unpaired) electrons. The molecule has 2 amide bonds. The number of carbonyl (C=O) groups is 1. The molecule has 4 heterocycles. The van der Waals surface area contributed by atoms with Gasteiger partial charge in [0.05, 0.1) is 6.04 Å². The maximum atomic E-state index is 15.2. The lowest BCUT2D eigenvalue weighted by molar-refractivity contribution is -0.00475. The second kappa shape index (κ2) is 12.7. The number of benzene rings is 2. The summed E-state index contributed by atoms with van der Waals surface area (Å²) in [5.74, 6) is -0.936. The summed E-state index contributed by atoms with van der Waals surface area (Å²) in [6.07, 6.45) is 9.71. The van der Waals surface area contributed by atoms with Gasteiger partial charge in [-0.15, -0.1) is 0 Å². The molecule has 7 rings (SSSR count). The minimum atomic E-state index is -0.508. The predicted molar refractivity (Wildman–Crippen MR) is 171 cm³/mol. The average Bonchev–Trinajstić information content (AvgIpc) is 3.77. The van der Waals surface area contributed by atoms with Crippen LogP contribution >= 0.6 is 0 Å². The Morgan fingerprint density at radius 1 is 0.911 bits per heavy atom. The van der Waals surface area contributed by atoms with E-state index in [-0.39, 0.29) is 28.6 Å². The molecule has 7 nitrogen and oxygen atoms in total. The topological polar surface area (TPSA) is 62.9 Å². The van der Waals surface area contributed by atoms with E-state index in [0.29, 0.717) is 39.1 Å². The first-order chi connectivity index (χ1) is 21.9. The van der Waals surface area contributed by atoms with Gasteiger partial charge < -0.3 is 19.7 Å². The van der Waals surface area contributed by atoms with Crippen molar-refractivity contribution in [2.45, 2.75) is 75.5 Å². The lowest BCUT2D eigenvalue weighted by Crippen LogP contribution is -2.64. The summed E-state index contributed by atoms with van der Waals surface area (Å²) in [7, 11) is 0. The van der Waals surface area contributed by atoms with Gasteiger partial charge in [0, 0.05) is 73.4 Å². The van der Waals surface area contributed by atoms with Crippen LogP contribution in [0.5, 0.6) is 0 Å². The molecular formula is C36H43F2N5O2. The summed E-state index contributed by atoms with van der Waals surface area (Å²) in [6, 6.07) is 14.8. The molecule has 3 aromatic rings. The van der Waals surface area contributed by atoms with Crippen LogP contribution in [0.4, 0.5) is 13.6 Å². The van der Waals surface area contributed by atoms with E-state index in [1.54, 1.807) is 6.07 Å². The van der Waals surface area contributed by atoms with Crippen LogP contribution in [0.1, 0.15) is 68.5 Å². The van der Waals surface area contributed by atoms with Gasteiger partial charge in [-0.25, -0.2) is 13.6 Å². The number of nitrogens with zero attached hydrogens (tertiary/aromatic N) is 4. The molecule has 45 heavy (non-hydrogen) atoms. The zero-order chi connectivity index (χ0) is 31.0. The second-order valence-corrected chi connectivity index (χ2v) is 13.5. The van der Waals surface area contributed by atoms with E-state index in [9.17, 15) is 14.0 Å². The minimum absolute atomic E-state index is 0.0140. The second-order valence-electron chi connectivity index (χ2n) is 13.5. The molecule has 2 aromatic carbocycles. The van der Waals surface area contributed by atoms with Crippen LogP contribution < -0.4 is 5.43 Å². The average molecular weight is 616 g/mol. The van der Waals surface area contributed by atoms with E-state index in [4.69, 9.17) is 0 Å². The highest BCUT2D eigenvalue weighted by Gasteiger charge is 2.47. The van der Waals surface area contributed by atoms with Crippen molar-refractivity contribution in [2.24, 2.45) is 0 Å². The highest BCUT2D eigenvalue weighted by Crippen LogP contribution is 2.41. The summed E-state index contributed by atoms with van der Waals surface area (Å²) in [5, 5.41) is 0. The maximum Gasteiger partial charge on any atom is 0.320 e. The molecule has 2 atom stereocenters. The predicted octanol–water partition coefficient (Wildman–Crippen LogP) is 6.17. The monoisotopic (exact) mass is 615 g/mol. The molecule has 1 aliphatic carbocycles. The summed E-state index contributed by atoms with van der Waals surface area (Å²) in [6.45, 7) is 4.89. The van der Waals surface area contributed by atoms with Gasteiger partial charge in [0.1, 0.15) is 11.6 Å². The van der Waals surface area contributed by atoms with E-state index in [0.717, 1.165) is 80.9 Å². The molecule has 3 saturated heterocycles. The number of H-pyrrole nitrogens is 1. The zero-order valence-corrected chi connectivity index (χ0v) is 25.9. The fraction of sp³-hybridized carbons (Fsp3) is 0.500. The maximum absolute atomic E-state index is 15.2. The zero-order valence-electron chi connectivity index (χ0n) is 25.9. The lowest BCUT2D eigenvalue weighted by Gasteiger charge is -2.51. The Kier molecular flexibility index (Phi) is 8.48. The fourth-order valence-electron chi connectivity index (χ4n) is 8.41. The van der Waals surface area contributed by atoms with Crippen molar-refractivity contribution in [3.8, 4) is 11.3 Å². The van der Waals surface area contributed by atoms with Crippen LogP contribution in [0.25, 0.3) is 11.3 Å². The van der Waals surface area contributed by atoms with Crippen LogP contribution in [0.3, 0.4) is 0 Å². The number of urea groups is 1. The third kappa shape index (κ3) is 6.04. The van der Waals surface area contributed by atoms with Gasteiger partial charge >= 0.3 is 6.03 Å². The number of likely N-dealkylation sites (tertiary alicyclic amines) is 2. The van der Waals surface area contributed by atoms with Crippen molar-refractivity contribution in [3.63, 3.8) is 0 Å². The van der Waals surface area contributed by atoms with Crippen molar-refractivity contribution in [3.05, 3.63) is 93.8 Å². The third-order valence-electron chi connectivity index (χ3n) is 10.8. The summed E-state index contributed by atoms with van der Waals surface area (Å²) >= 11 is 0. The molecule has 1 unspecified atom stereocenters. The number of halogens is 2. The van der Waals surface area contributed by atoms with Gasteiger partial charge in [0.15, 0.2) is 5.43 Å². The van der Waals surface area contributed by atoms with E-state index < -0.39 is 17.7 Å². The number of carbonyl (C=O) groups excluding carboxylic acids is 1. The Balaban J connectivity index is 1.10. The highest BCUT2D eigenvalue weighted by molar-refractivity contribution is 5.75. The Bertz CT molecular complexity index is 1570. The molecule has 1 N–H and O–H groups in total. The smallest absolute Gasteiger partial charge is 0.320 e. The number of hydrogen-bond donors (Lipinski definition) is 1. The van der Waals surface area contributed by atoms with Gasteiger partial charge in [0.25, 0.3) is 0 Å². The molecule has 1 spiro atoms. The number of piperidine rings is 1. The molecule has 3 aliphatic heterocycles. The summed E-state index contributed by atoms with van der Waals surface area (Å²) in [4.78, 5) is 39.5. The largest absolute Gasteiger partial charge is 0.361 e. The molecule has 0 bridgehead atoms. The number of aromatic nitrogens is 1. The molecular weight excluding hydrogens is 572 g/mol. The molecule has 9 heteroatoms. The van der Waals surface area contributed by atoms with E-state index >= 15 is 4.39 Å². The van der Waals surface area contributed by atoms with Gasteiger partial charge in [-0.3, -0.25) is 9.69 Å². The number of amides is 2. The first-order valence-corrected chi connectivity index (χ1v) is 16.7. The molecule has 4 fully saturated rings. The number of rotatable bonds is 5. The van der Waals surface area contributed by atoms with Crippen molar-refractivity contribution in [1.82, 2.24) is 24.6 Å². The highest BCUT2D eigenvalue weighted by atomic mass is 19.1. The number of piperazine rings is 1. The Morgan fingerprint density at radius 3 is 2.44 bits per heavy atom. The first-order valence-electron chi connectivity index (χ1n) is 16.7. The number of hydrogen-bond acceptors (Lipinski definition) is 4. The van der Waals surface area contributed by atoms with Crippen LogP contribution in [0.15, 0.2) is 65.6 Å². The van der Waals surface area contributed by atoms with E-state index in [1.165, 1.54) is 12.1 Å². The first kappa shape index (κ1) is 30.1. The number of nitrogens with one attached hydrogen (secondary N) is 1. The molecule has 1 saturated carbocycles. The van der Waals surface area contributed by atoms with Crippen LogP contribution in [0.2, 0.25) is 0 Å². The minimum Gasteiger partial charge on any atom is -0.361 e. The normalized spacial score (nSPS) is 24.0. The summed E-state index contributed by atoms with van der Waals surface area (Å²) in [5.41, 5.74) is 2.59. The van der Waals surface area contributed by atoms with Gasteiger partial charge in [-0.1, -0.05) is 43.2 Å². The van der Waals surface area contributed by atoms with Gasteiger partial charge in [-0.2, -0.15) is 0 Å². The molecule has 1 aromatic heterocycles.